The Bertz CT molecular complexity index is 479. The lowest BCUT2D eigenvalue weighted by atomic mass is 9.90. The largest absolute Gasteiger partial charge is 0.462 e. The van der Waals surface area contributed by atoms with E-state index in [4.69, 9.17) is 4.74 Å². The van der Waals surface area contributed by atoms with Gasteiger partial charge >= 0.3 is 12.0 Å². The molecule has 0 aromatic rings. The van der Waals surface area contributed by atoms with E-state index in [0.717, 1.165) is 6.20 Å². The van der Waals surface area contributed by atoms with Crippen LogP contribution in [0.1, 0.15) is 20.3 Å². The minimum absolute atomic E-state index is 0.0117. The molecule has 0 unspecified atom stereocenters. The van der Waals surface area contributed by atoms with Crippen LogP contribution in [0.2, 0.25) is 0 Å². The van der Waals surface area contributed by atoms with Crippen LogP contribution in [0.25, 0.3) is 0 Å². The van der Waals surface area contributed by atoms with Gasteiger partial charge in [0.1, 0.15) is 5.57 Å². The van der Waals surface area contributed by atoms with Gasteiger partial charge in [0.15, 0.2) is 0 Å². The maximum atomic E-state index is 11.9. The van der Waals surface area contributed by atoms with Crippen LogP contribution in [0.4, 0.5) is 4.79 Å². The third kappa shape index (κ3) is 3.37. The molecule has 0 aromatic carbocycles. The van der Waals surface area contributed by atoms with Crippen molar-refractivity contribution in [2.75, 3.05) is 13.2 Å². The van der Waals surface area contributed by atoms with Crippen LogP contribution in [-0.2, 0) is 19.1 Å². The van der Waals surface area contributed by atoms with Crippen molar-refractivity contribution < 1.29 is 29.0 Å². The Morgan fingerprint density at radius 3 is 2.33 bits per heavy atom. The molecule has 21 heavy (non-hydrogen) atoms. The van der Waals surface area contributed by atoms with Gasteiger partial charge in [-0.1, -0.05) is 6.92 Å². The number of imide groups is 2. The molecule has 116 valence electrons. The first kappa shape index (κ1) is 16.6. The summed E-state index contributed by atoms with van der Waals surface area (Å²) in [6.45, 7) is 3.82. The summed E-state index contributed by atoms with van der Waals surface area (Å²) in [5.74, 6) is -3.66. The van der Waals surface area contributed by atoms with Gasteiger partial charge in [-0.2, -0.15) is 0 Å². The number of ether oxygens (including phenoxy) is 1. The maximum Gasteiger partial charge on any atom is 0.339 e. The summed E-state index contributed by atoms with van der Waals surface area (Å²) in [6.07, 6.45) is 1.75. The van der Waals surface area contributed by atoms with E-state index in [2.05, 4.69) is 5.32 Å². The van der Waals surface area contributed by atoms with E-state index in [1.165, 1.54) is 6.92 Å². The van der Waals surface area contributed by atoms with Gasteiger partial charge in [0.05, 0.1) is 6.61 Å². The maximum absolute atomic E-state index is 11.9. The Labute approximate surface area is 120 Å². The van der Waals surface area contributed by atoms with Crippen molar-refractivity contribution in [2.24, 2.45) is 0 Å². The van der Waals surface area contributed by atoms with E-state index in [1.54, 1.807) is 10.6 Å². The van der Waals surface area contributed by atoms with Gasteiger partial charge in [0, 0.05) is 12.7 Å². The average Bonchev–Trinajstić information content (AvgIpc) is 2.41. The van der Waals surface area contributed by atoms with Crippen molar-refractivity contribution in [2.45, 2.75) is 25.9 Å². The Balaban J connectivity index is 3.18. The standard InChI is InChI=1S/C12H17N3O6/c1-3-5-13-6-7(8(16)21-4-2)12(20)9(17)14-11(19)15-10(12)18/h6,13,20H,3-5H2,1-2H3,(H2,14,15,17,18,19)/b7-6+. The van der Waals surface area contributed by atoms with Crippen LogP contribution in [0, 0.1) is 0 Å². The van der Waals surface area contributed by atoms with Gasteiger partial charge in [-0.15, -0.1) is 0 Å². The zero-order valence-corrected chi connectivity index (χ0v) is 11.7. The lowest BCUT2D eigenvalue weighted by molar-refractivity contribution is -0.156. The summed E-state index contributed by atoms with van der Waals surface area (Å²) in [6, 6.07) is -1.07. The summed E-state index contributed by atoms with van der Waals surface area (Å²) in [5.41, 5.74) is -3.43. The predicted molar refractivity (Wildman–Crippen MR) is 69.6 cm³/mol. The van der Waals surface area contributed by atoms with Gasteiger partial charge in [0.2, 0.25) is 0 Å². The zero-order chi connectivity index (χ0) is 16.0. The molecule has 0 bridgehead atoms. The molecule has 1 aliphatic rings. The van der Waals surface area contributed by atoms with Gasteiger partial charge in [-0.05, 0) is 13.3 Å². The van der Waals surface area contributed by atoms with E-state index < -0.39 is 35.0 Å². The summed E-state index contributed by atoms with van der Waals surface area (Å²) in [5, 5.41) is 16.4. The van der Waals surface area contributed by atoms with E-state index >= 15 is 0 Å². The normalized spacial score (nSPS) is 17.9. The van der Waals surface area contributed by atoms with Gasteiger partial charge in [-0.25, -0.2) is 9.59 Å². The Morgan fingerprint density at radius 2 is 1.86 bits per heavy atom. The summed E-state index contributed by atoms with van der Waals surface area (Å²) >= 11 is 0. The van der Waals surface area contributed by atoms with Gasteiger partial charge < -0.3 is 15.2 Å². The first-order valence-electron chi connectivity index (χ1n) is 6.38. The lowest BCUT2D eigenvalue weighted by Crippen LogP contribution is -2.68. The fraction of sp³-hybridized carbons (Fsp3) is 0.500. The van der Waals surface area contributed by atoms with Gasteiger partial charge in [-0.3, -0.25) is 20.2 Å². The summed E-state index contributed by atoms with van der Waals surface area (Å²) in [4.78, 5) is 46.5. The minimum Gasteiger partial charge on any atom is -0.462 e. The molecule has 0 saturated carbocycles. The van der Waals surface area contributed by atoms with Crippen molar-refractivity contribution >= 4 is 23.8 Å². The number of carbonyl (C=O) groups excluding carboxylic acids is 4. The third-order valence-corrected chi connectivity index (χ3v) is 2.64. The second-order valence-corrected chi connectivity index (χ2v) is 4.18. The fourth-order valence-electron chi connectivity index (χ4n) is 1.60. The third-order valence-electron chi connectivity index (χ3n) is 2.64. The highest BCUT2D eigenvalue weighted by molar-refractivity contribution is 6.26. The number of rotatable bonds is 6. The molecule has 4 amide bonds. The van der Waals surface area contributed by atoms with Crippen molar-refractivity contribution in [3.63, 3.8) is 0 Å². The van der Waals surface area contributed by atoms with E-state index in [-0.39, 0.29) is 6.61 Å². The number of nitrogens with one attached hydrogen (secondary N) is 3. The Hall–Kier alpha value is -2.42. The topological polar surface area (TPSA) is 134 Å². The van der Waals surface area contributed by atoms with Crippen LogP contribution in [0.5, 0.6) is 0 Å². The second-order valence-electron chi connectivity index (χ2n) is 4.18. The predicted octanol–water partition coefficient (Wildman–Crippen LogP) is -1.47. The Morgan fingerprint density at radius 1 is 1.29 bits per heavy atom. The number of carbonyl (C=O) groups is 4. The fourth-order valence-corrected chi connectivity index (χ4v) is 1.60. The Kier molecular flexibility index (Phi) is 5.42. The monoisotopic (exact) mass is 299 g/mol. The number of esters is 1. The highest BCUT2D eigenvalue weighted by Gasteiger charge is 2.54. The first-order chi connectivity index (χ1) is 9.87. The molecule has 1 rings (SSSR count). The smallest absolute Gasteiger partial charge is 0.339 e. The number of amides is 4. The molecule has 0 radical (unpaired) electrons. The van der Waals surface area contributed by atoms with Crippen molar-refractivity contribution in [1.29, 1.82) is 0 Å². The van der Waals surface area contributed by atoms with Crippen LogP contribution >= 0.6 is 0 Å². The van der Waals surface area contributed by atoms with E-state index in [1.807, 2.05) is 6.92 Å². The molecule has 0 atom stereocenters. The highest BCUT2D eigenvalue weighted by Crippen LogP contribution is 2.21. The number of hydrogen-bond acceptors (Lipinski definition) is 7. The van der Waals surface area contributed by atoms with Crippen molar-refractivity contribution in [3.05, 3.63) is 11.8 Å². The zero-order valence-electron chi connectivity index (χ0n) is 11.7. The number of barbiturate groups is 1. The molecule has 1 aliphatic heterocycles. The van der Waals surface area contributed by atoms with Crippen LogP contribution in [0.15, 0.2) is 11.8 Å². The van der Waals surface area contributed by atoms with Crippen LogP contribution in [-0.4, -0.2) is 47.7 Å². The van der Waals surface area contributed by atoms with Crippen molar-refractivity contribution in [1.82, 2.24) is 16.0 Å². The molecule has 1 heterocycles. The van der Waals surface area contributed by atoms with Crippen molar-refractivity contribution in [3.8, 4) is 0 Å². The average molecular weight is 299 g/mol. The number of aliphatic hydroxyl groups is 1. The summed E-state index contributed by atoms with van der Waals surface area (Å²) < 4.78 is 4.72. The molecule has 0 spiro atoms. The molecule has 0 aliphatic carbocycles. The molecule has 9 nitrogen and oxygen atoms in total. The molecule has 0 aromatic heterocycles. The minimum atomic E-state index is -2.83. The molecule has 1 fully saturated rings. The SMILES string of the molecule is CCCN/C=C(\C(=O)OCC)C1(O)C(=O)NC(=O)NC1=O. The molecule has 4 N–H and O–H groups in total. The molecule has 1 saturated heterocycles. The lowest BCUT2D eigenvalue weighted by Gasteiger charge is -2.29. The molecular weight excluding hydrogens is 282 g/mol. The van der Waals surface area contributed by atoms with Crippen LogP contribution < -0.4 is 16.0 Å². The van der Waals surface area contributed by atoms with E-state index in [9.17, 15) is 24.3 Å². The second kappa shape index (κ2) is 6.84. The first-order valence-corrected chi connectivity index (χ1v) is 6.38. The molecule has 9 heteroatoms. The summed E-state index contributed by atoms with van der Waals surface area (Å²) in [7, 11) is 0. The number of urea groups is 1. The van der Waals surface area contributed by atoms with Crippen LogP contribution in [0.3, 0.4) is 0 Å². The van der Waals surface area contributed by atoms with Gasteiger partial charge in [0.25, 0.3) is 17.4 Å². The highest BCUT2D eigenvalue weighted by atomic mass is 16.5. The van der Waals surface area contributed by atoms with E-state index in [0.29, 0.717) is 13.0 Å². The number of hydrogen-bond donors (Lipinski definition) is 4. The molecular formula is C12H17N3O6. The quantitative estimate of drug-likeness (QED) is 0.203.